The molecule has 3 aromatic rings. The van der Waals surface area contributed by atoms with E-state index in [4.69, 9.17) is 10.5 Å². The summed E-state index contributed by atoms with van der Waals surface area (Å²) in [6.45, 7) is 4.54. The van der Waals surface area contributed by atoms with Gasteiger partial charge in [0.2, 0.25) is 11.5 Å². The normalized spacial score (nSPS) is 19.8. The van der Waals surface area contributed by atoms with E-state index in [9.17, 15) is 19.5 Å². The van der Waals surface area contributed by atoms with Crippen molar-refractivity contribution in [1.82, 2.24) is 9.47 Å². The minimum absolute atomic E-state index is 0.0772. The lowest BCUT2D eigenvalue weighted by molar-refractivity contribution is -0.143. The summed E-state index contributed by atoms with van der Waals surface area (Å²) in [6.07, 6.45) is 4.72. The van der Waals surface area contributed by atoms with Crippen LogP contribution < -0.4 is 20.9 Å². The van der Waals surface area contributed by atoms with Gasteiger partial charge in [0.05, 0.1) is 19.1 Å². The predicted molar refractivity (Wildman–Crippen MR) is 162 cm³/mol. The largest absolute Gasteiger partial charge is 0.493 e. The Morgan fingerprint density at radius 2 is 1.98 bits per heavy atom. The summed E-state index contributed by atoms with van der Waals surface area (Å²) in [5.74, 6) is -1.16. The first-order valence-electron chi connectivity index (χ1n) is 14.9. The number of carbonyl (C=O) groups is 2. The van der Waals surface area contributed by atoms with Crippen LogP contribution in [0.15, 0.2) is 71.7 Å². The zero-order chi connectivity index (χ0) is 29.6. The number of fused-ring (bicyclic) bond motifs is 1. The molecule has 2 aliphatic rings. The van der Waals surface area contributed by atoms with Crippen molar-refractivity contribution in [2.24, 2.45) is 11.7 Å². The lowest BCUT2D eigenvalue weighted by Crippen LogP contribution is -2.45. The summed E-state index contributed by atoms with van der Waals surface area (Å²) in [6, 6.07) is 18.2. The standard InChI is InChI=1S/C33H40N4O5/c1-2-3-15-37(26-8-6-7-23(18-26)20-34)31(39)22-36-21-27(24-10-11-29-25(19-24)13-17-42-29)32(33(40)41)28(36)12-16-35-14-5-4-9-30(35)38/h4-11,14,18-19,27-28,32H,2-3,12-13,15-17,20-22,34H2,1H3,(H,40,41)/t27-,28+,32-/m1/s1. The second-order valence-corrected chi connectivity index (χ2v) is 11.2. The molecule has 0 saturated carbocycles. The van der Waals surface area contributed by atoms with E-state index >= 15 is 0 Å². The number of pyridine rings is 1. The molecule has 9 nitrogen and oxygen atoms in total. The number of aliphatic carboxylic acids is 1. The summed E-state index contributed by atoms with van der Waals surface area (Å²) < 4.78 is 7.29. The maximum Gasteiger partial charge on any atom is 0.308 e. The maximum absolute atomic E-state index is 14.0. The molecular weight excluding hydrogens is 532 g/mol. The van der Waals surface area contributed by atoms with Crippen LogP contribution in [0.4, 0.5) is 5.69 Å². The highest BCUT2D eigenvalue weighted by atomic mass is 16.5. The minimum atomic E-state index is -0.893. The van der Waals surface area contributed by atoms with Crippen LogP contribution in [0.3, 0.4) is 0 Å². The zero-order valence-electron chi connectivity index (χ0n) is 24.2. The number of hydrogen-bond acceptors (Lipinski definition) is 6. The fraction of sp³-hybridized carbons (Fsp3) is 0.424. The van der Waals surface area contributed by atoms with E-state index in [2.05, 4.69) is 13.0 Å². The Labute approximate surface area is 246 Å². The molecule has 1 aromatic heterocycles. The quantitative estimate of drug-likeness (QED) is 0.340. The van der Waals surface area contributed by atoms with Gasteiger partial charge in [-0.1, -0.05) is 43.7 Å². The summed E-state index contributed by atoms with van der Waals surface area (Å²) in [5, 5.41) is 10.5. The average molecular weight is 573 g/mol. The second kappa shape index (κ2) is 13.4. The SMILES string of the molecule is CCCCN(C(=O)CN1C[C@H](c2ccc3c(c2)CCO3)[C@@H](C(=O)O)[C@@H]1CCn1ccccc1=O)c1cccc(CN)c1. The third-order valence-electron chi connectivity index (χ3n) is 8.57. The number of carbonyl (C=O) groups excluding carboxylic acids is 1. The Balaban J connectivity index is 1.46. The molecule has 0 radical (unpaired) electrons. The number of amides is 1. The number of anilines is 1. The highest BCUT2D eigenvalue weighted by molar-refractivity contribution is 5.95. The second-order valence-electron chi connectivity index (χ2n) is 11.2. The van der Waals surface area contributed by atoms with E-state index in [1.165, 1.54) is 6.07 Å². The molecule has 0 aliphatic carbocycles. The van der Waals surface area contributed by atoms with Crippen LogP contribution in [-0.4, -0.2) is 58.7 Å². The van der Waals surface area contributed by atoms with E-state index in [-0.39, 0.29) is 23.9 Å². The van der Waals surface area contributed by atoms with Gasteiger partial charge in [0, 0.05) is 62.5 Å². The van der Waals surface area contributed by atoms with Gasteiger partial charge in [0.15, 0.2) is 0 Å². The first-order chi connectivity index (χ1) is 20.4. The number of rotatable bonds is 12. The number of ether oxygens (including phenoxy) is 1. The third-order valence-corrected chi connectivity index (χ3v) is 8.57. The number of nitrogens with two attached hydrogens (primary N) is 1. The zero-order valence-corrected chi connectivity index (χ0v) is 24.2. The number of carboxylic acids is 1. The molecule has 2 aromatic carbocycles. The van der Waals surface area contributed by atoms with Gasteiger partial charge in [-0.25, -0.2) is 0 Å². The van der Waals surface area contributed by atoms with Gasteiger partial charge in [-0.05, 0) is 53.8 Å². The van der Waals surface area contributed by atoms with E-state index < -0.39 is 17.9 Å². The van der Waals surface area contributed by atoms with Gasteiger partial charge in [0.1, 0.15) is 5.75 Å². The molecule has 1 amide bonds. The van der Waals surface area contributed by atoms with Crippen molar-refractivity contribution in [2.75, 3.05) is 31.1 Å². The number of hydrogen-bond donors (Lipinski definition) is 2. The lowest BCUT2D eigenvalue weighted by Gasteiger charge is -2.30. The number of benzene rings is 2. The topological polar surface area (TPSA) is 118 Å². The Hall–Kier alpha value is -3.95. The molecular formula is C33H40N4O5. The Morgan fingerprint density at radius 1 is 1.12 bits per heavy atom. The first kappa shape index (κ1) is 29.5. The summed E-state index contributed by atoms with van der Waals surface area (Å²) in [7, 11) is 0. The summed E-state index contributed by atoms with van der Waals surface area (Å²) in [5.41, 5.74) is 9.53. The van der Waals surface area contributed by atoms with Gasteiger partial charge >= 0.3 is 5.97 Å². The summed E-state index contributed by atoms with van der Waals surface area (Å²) in [4.78, 5) is 43.1. The minimum Gasteiger partial charge on any atom is -0.493 e. The molecule has 222 valence electrons. The highest BCUT2D eigenvalue weighted by Gasteiger charge is 2.47. The van der Waals surface area contributed by atoms with E-state index in [1.807, 2.05) is 41.3 Å². The van der Waals surface area contributed by atoms with Crippen LogP contribution in [0.5, 0.6) is 5.75 Å². The Morgan fingerprint density at radius 3 is 2.74 bits per heavy atom. The number of unbranched alkanes of at least 4 members (excludes halogenated alkanes) is 1. The molecule has 0 spiro atoms. The predicted octanol–water partition coefficient (Wildman–Crippen LogP) is 3.63. The third kappa shape index (κ3) is 6.42. The van der Waals surface area contributed by atoms with Crippen LogP contribution in [0, 0.1) is 5.92 Å². The van der Waals surface area contributed by atoms with Gasteiger partial charge in [-0.15, -0.1) is 0 Å². The average Bonchev–Trinajstić information content (AvgIpc) is 3.61. The molecule has 42 heavy (non-hydrogen) atoms. The van der Waals surface area contributed by atoms with Crippen molar-refractivity contribution in [1.29, 1.82) is 0 Å². The fourth-order valence-corrected chi connectivity index (χ4v) is 6.37. The molecule has 1 fully saturated rings. The Bertz CT molecular complexity index is 1470. The van der Waals surface area contributed by atoms with Crippen molar-refractivity contribution in [2.45, 2.75) is 57.7 Å². The molecule has 0 bridgehead atoms. The molecule has 5 rings (SSSR count). The molecule has 1 saturated heterocycles. The van der Waals surface area contributed by atoms with Gasteiger partial charge in [-0.2, -0.15) is 0 Å². The first-order valence-corrected chi connectivity index (χ1v) is 14.9. The van der Waals surface area contributed by atoms with Crippen molar-refractivity contribution in [3.05, 3.63) is 93.9 Å². The van der Waals surface area contributed by atoms with Gasteiger partial charge < -0.3 is 25.0 Å². The molecule has 0 unspecified atom stereocenters. The molecule has 3 atom stereocenters. The number of likely N-dealkylation sites (tertiary alicyclic amines) is 1. The van der Waals surface area contributed by atoms with Crippen molar-refractivity contribution >= 4 is 17.6 Å². The Kier molecular flexibility index (Phi) is 9.39. The van der Waals surface area contributed by atoms with E-state index in [0.717, 1.165) is 47.4 Å². The van der Waals surface area contributed by atoms with Crippen LogP contribution in [-0.2, 0) is 29.1 Å². The van der Waals surface area contributed by atoms with Crippen LogP contribution in [0.25, 0.3) is 0 Å². The molecule has 3 heterocycles. The van der Waals surface area contributed by atoms with Crippen LogP contribution in [0.1, 0.15) is 48.8 Å². The number of nitrogens with zero attached hydrogens (tertiary/aromatic N) is 3. The molecule has 2 aliphatic heterocycles. The monoisotopic (exact) mass is 572 g/mol. The highest BCUT2D eigenvalue weighted by Crippen LogP contribution is 2.41. The lowest BCUT2D eigenvalue weighted by atomic mass is 9.83. The van der Waals surface area contributed by atoms with Crippen LogP contribution in [0.2, 0.25) is 0 Å². The van der Waals surface area contributed by atoms with Crippen molar-refractivity contribution in [3.63, 3.8) is 0 Å². The molecule has 9 heteroatoms. The summed E-state index contributed by atoms with van der Waals surface area (Å²) >= 11 is 0. The number of aryl methyl sites for hydroxylation is 1. The maximum atomic E-state index is 14.0. The fourth-order valence-electron chi connectivity index (χ4n) is 6.37. The van der Waals surface area contributed by atoms with Gasteiger partial charge in [-0.3, -0.25) is 19.3 Å². The number of aromatic nitrogens is 1. The van der Waals surface area contributed by atoms with E-state index in [0.29, 0.717) is 39.2 Å². The van der Waals surface area contributed by atoms with Crippen LogP contribution >= 0.6 is 0 Å². The number of carboxylic acid groups (broad SMARTS) is 1. The molecule has 3 N–H and O–H groups in total. The van der Waals surface area contributed by atoms with Gasteiger partial charge in [0.25, 0.3) is 0 Å². The van der Waals surface area contributed by atoms with E-state index in [1.54, 1.807) is 27.8 Å². The smallest absolute Gasteiger partial charge is 0.308 e. The van der Waals surface area contributed by atoms with Crippen molar-refractivity contribution < 1.29 is 19.4 Å². The van der Waals surface area contributed by atoms with Crippen molar-refractivity contribution in [3.8, 4) is 5.75 Å².